The summed E-state index contributed by atoms with van der Waals surface area (Å²) in [5.74, 6) is -3.53. The first-order valence-corrected chi connectivity index (χ1v) is 7.23. The number of carbonyl (C=O) groups is 1. The van der Waals surface area contributed by atoms with Crippen molar-refractivity contribution in [3.05, 3.63) is 34.1 Å². The number of benzene rings is 1. The second-order valence-corrected chi connectivity index (χ2v) is 6.09. The van der Waals surface area contributed by atoms with Gasteiger partial charge >= 0.3 is 5.97 Å². The number of nitrogens with zero attached hydrogens (tertiary/aromatic N) is 1. The van der Waals surface area contributed by atoms with E-state index in [1.165, 1.54) is 13.8 Å². The van der Waals surface area contributed by atoms with Crippen molar-refractivity contribution in [3.63, 3.8) is 0 Å². The quantitative estimate of drug-likeness (QED) is 0.597. The number of non-ortho nitro benzene ring substituents is 1. The fourth-order valence-electron chi connectivity index (χ4n) is 1.45. The number of nitrogens with one attached hydrogen (secondary N) is 1. The molecule has 0 fully saturated rings. The molecule has 10 heteroatoms. The number of carboxylic acid groups (broad SMARTS) is 1. The van der Waals surface area contributed by atoms with Crippen LogP contribution in [0.3, 0.4) is 0 Å². The maximum Gasteiger partial charge on any atom is 0.307 e. The zero-order valence-electron chi connectivity index (χ0n) is 11.1. The second kappa shape index (κ2) is 6.14. The molecule has 0 heterocycles. The van der Waals surface area contributed by atoms with Gasteiger partial charge in [0, 0.05) is 12.1 Å². The largest absolute Gasteiger partial charge is 0.481 e. The van der Waals surface area contributed by atoms with Crippen LogP contribution in [-0.2, 0) is 14.8 Å². The van der Waals surface area contributed by atoms with Crippen molar-refractivity contribution in [3.8, 4) is 0 Å². The van der Waals surface area contributed by atoms with E-state index in [4.69, 9.17) is 5.11 Å². The van der Waals surface area contributed by atoms with Gasteiger partial charge in [0.05, 0.1) is 16.9 Å². The summed E-state index contributed by atoms with van der Waals surface area (Å²) in [6.45, 7) is 2.61. The number of nitro groups is 1. The van der Waals surface area contributed by atoms with Crippen LogP contribution < -0.4 is 4.72 Å². The fourth-order valence-corrected chi connectivity index (χ4v) is 2.83. The van der Waals surface area contributed by atoms with Crippen molar-refractivity contribution in [2.45, 2.75) is 24.8 Å². The lowest BCUT2D eigenvalue weighted by molar-refractivity contribution is -0.385. The van der Waals surface area contributed by atoms with Crippen LogP contribution in [0.15, 0.2) is 23.1 Å². The van der Waals surface area contributed by atoms with Crippen molar-refractivity contribution in [2.75, 3.05) is 0 Å². The average molecular weight is 320 g/mol. The van der Waals surface area contributed by atoms with E-state index in [-0.39, 0.29) is 0 Å². The summed E-state index contributed by atoms with van der Waals surface area (Å²) in [7, 11) is -4.32. The van der Waals surface area contributed by atoms with E-state index in [1.54, 1.807) is 0 Å². The number of carboxylic acids is 1. The summed E-state index contributed by atoms with van der Waals surface area (Å²) in [5.41, 5.74) is -0.585. The molecule has 8 nitrogen and oxygen atoms in total. The van der Waals surface area contributed by atoms with Gasteiger partial charge in [-0.05, 0) is 13.0 Å². The summed E-state index contributed by atoms with van der Waals surface area (Å²) in [5, 5.41) is 19.3. The van der Waals surface area contributed by atoms with Crippen molar-refractivity contribution in [1.82, 2.24) is 4.72 Å². The minimum atomic E-state index is -4.32. The van der Waals surface area contributed by atoms with Gasteiger partial charge in [0.25, 0.3) is 5.69 Å². The topological polar surface area (TPSA) is 127 Å². The third-order valence-electron chi connectivity index (χ3n) is 2.90. The zero-order valence-corrected chi connectivity index (χ0v) is 11.9. The van der Waals surface area contributed by atoms with Crippen LogP contribution in [0.25, 0.3) is 0 Å². The molecular formula is C11H13FN2O6S. The van der Waals surface area contributed by atoms with E-state index in [1.807, 2.05) is 4.72 Å². The summed E-state index contributed by atoms with van der Waals surface area (Å²) in [6, 6.07) is 1.11. The van der Waals surface area contributed by atoms with E-state index in [2.05, 4.69) is 0 Å². The Bertz CT molecular complexity index is 675. The Hall–Kier alpha value is -2.07. The molecule has 0 aliphatic heterocycles. The van der Waals surface area contributed by atoms with Gasteiger partial charge in [-0.1, -0.05) is 6.92 Å². The Morgan fingerprint density at radius 2 is 2.00 bits per heavy atom. The minimum absolute atomic E-state index is 0.486. The minimum Gasteiger partial charge on any atom is -0.481 e. The Kier molecular flexibility index (Phi) is 4.97. The molecular weight excluding hydrogens is 307 g/mol. The predicted octanol–water partition coefficient (Wildman–Crippen LogP) is 1.12. The Morgan fingerprint density at radius 3 is 2.43 bits per heavy atom. The van der Waals surface area contributed by atoms with Crippen LogP contribution in [0.1, 0.15) is 13.8 Å². The summed E-state index contributed by atoms with van der Waals surface area (Å²) < 4.78 is 39.6. The number of rotatable bonds is 6. The standard InChI is InChI=1S/C11H13FN2O6S/c1-6(11(15)16)7(2)13-21(19,20)10-4-3-8(14(17)18)5-9(10)12/h3-7,13H,1-2H3,(H,15,16). The lowest BCUT2D eigenvalue weighted by Crippen LogP contribution is -2.40. The first-order valence-electron chi connectivity index (χ1n) is 5.75. The van der Waals surface area contributed by atoms with Gasteiger partial charge in [0.1, 0.15) is 10.7 Å². The lowest BCUT2D eigenvalue weighted by atomic mass is 10.1. The van der Waals surface area contributed by atoms with Gasteiger partial charge in [-0.3, -0.25) is 14.9 Å². The molecule has 0 amide bonds. The number of aliphatic carboxylic acids is 1. The van der Waals surface area contributed by atoms with E-state index in [0.717, 1.165) is 12.1 Å². The monoisotopic (exact) mass is 320 g/mol. The van der Waals surface area contributed by atoms with Gasteiger partial charge < -0.3 is 5.11 Å². The maximum absolute atomic E-state index is 13.7. The smallest absolute Gasteiger partial charge is 0.307 e. The fraction of sp³-hybridized carbons (Fsp3) is 0.364. The normalized spacial score (nSPS) is 14.4. The summed E-state index contributed by atoms with van der Waals surface area (Å²) in [4.78, 5) is 19.6. The molecule has 0 saturated carbocycles. The van der Waals surface area contributed by atoms with Gasteiger partial charge in [0.15, 0.2) is 0 Å². The number of nitro benzene ring substituents is 1. The average Bonchev–Trinajstić information content (AvgIpc) is 2.36. The summed E-state index contributed by atoms with van der Waals surface area (Å²) >= 11 is 0. The van der Waals surface area contributed by atoms with Gasteiger partial charge in [-0.25, -0.2) is 17.5 Å². The first-order chi connectivity index (χ1) is 9.56. The molecule has 0 bridgehead atoms. The number of halogens is 1. The van der Waals surface area contributed by atoms with Crippen LogP contribution in [-0.4, -0.2) is 30.5 Å². The Balaban J connectivity index is 3.09. The highest BCUT2D eigenvalue weighted by Crippen LogP contribution is 2.21. The number of hydrogen-bond acceptors (Lipinski definition) is 5. The second-order valence-electron chi connectivity index (χ2n) is 4.41. The number of hydrogen-bond donors (Lipinski definition) is 2. The third-order valence-corrected chi connectivity index (χ3v) is 4.49. The van der Waals surface area contributed by atoms with E-state index < -0.39 is 49.3 Å². The molecule has 0 radical (unpaired) electrons. The molecule has 2 N–H and O–H groups in total. The van der Waals surface area contributed by atoms with E-state index in [9.17, 15) is 27.7 Å². The molecule has 0 aliphatic rings. The van der Waals surface area contributed by atoms with Crippen LogP contribution in [0, 0.1) is 21.8 Å². The van der Waals surface area contributed by atoms with Crippen LogP contribution in [0.5, 0.6) is 0 Å². The molecule has 2 unspecified atom stereocenters. The van der Waals surface area contributed by atoms with Crippen molar-refractivity contribution in [1.29, 1.82) is 0 Å². The van der Waals surface area contributed by atoms with Crippen LogP contribution in [0.2, 0.25) is 0 Å². The Morgan fingerprint density at radius 1 is 1.43 bits per heavy atom. The zero-order chi connectivity index (χ0) is 16.4. The van der Waals surface area contributed by atoms with E-state index >= 15 is 0 Å². The lowest BCUT2D eigenvalue weighted by Gasteiger charge is -2.17. The van der Waals surface area contributed by atoms with Crippen molar-refractivity contribution >= 4 is 21.7 Å². The summed E-state index contributed by atoms with van der Waals surface area (Å²) in [6.07, 6.45) is 0. The first kappa shape index (κ1) is 17.0. The van der Waals surface area contributed by atoms with Gasteiger partial charge in [0.2, 0.25) is 10.0 Å². The SMILES string of the molecule is CC(NS(=O)(=O)c1ccc([N+](=O)[O-])cc1F)C(C)C(=O)O. The van der Waals surface area contributed by atoms with Gasteiger partial charge in [-0.2, -0.15) is 0 Å². The van der Waals surface area contributed by atoms with Crippen molar-refractivity contribution < 1.29 is 27.6 Å². The molecule has 0 aromatic heterocycles. The molecule has 0 saturated heterocycles. The van der Waals surface area contributed by atoms with Crippen LogP contribution >= 0.6 is 0 Å². The van der Waals surface area contributed by atoms with Crippen LogP contribution in [0.4, 0.5) is 10.1 Å². The number of sulfonamides is 1. The highest BCUT2D eigenvalue weighted by atomic mass is 32.2. The highest BCUT2D eigenvalue weighted by molar-refractivity contribution is 7.89. The molecule has 1 aromatic carbocycles. The molecule has 116 valence electrons. The van der Waals surface area contributed by atoms with Crippen molar-refractivity contribution in [2.24, 2.45) is 5.92 Å². The van der Waals surface area contributed by atoms with Gasteiger partial charge in [-0.15, -0.1) is 0 Å². The third kappa shape index (κ3) is 3.95. The molecule has 21 heavy (non-hydrogen) atoms. The molecule has 2 atom stereocenters. The maximum atomic E-state index is 13.7. The molecule has 0 spiro atoms. The molecule has 1 aromatic rings. The molecule has 0 aliphatic carbocycles. The van der Waals surface area contributed by atoms with E-state index in [0.29, 0.717) is 6.07 Å². The highest BCUT2D eigenvalue weighted by Gasteiger charge is 2.27. The molecule has 1 rings (SSSR count). The Labute approximate surface area is 119 Å². The predicted molar refractivity (Wildman–Crippen MR) is 69.6 cm³/mol.